The summed E-state index contributed by atoms with van der Waals surface area (Å²) in [7, 11) is 0. The van der Waals surface area contributed by atoms with Gasteiger partial charge in [-0.05, 0) is 24.3 Å². The fraction of sp³-hybridized carbons (Fsp3) is 0.333. The van der Waals surface area contributed by atoms with Gasteiger partial charge in [-0.2, -0.15) is 0 Å². The predicted octanol–water partition coefficient (Wildman–Crippen LogP) is 2.68. The average Bonchev–Trinajstić information content (AvgIpc) is 3.49. The zero-order chi connectivity index (χ0) is 15.5. The van der Waals surface area contributed by atoms with E-state index in [4.69, 9.17) is 14.2 Å². The lowest BCUT2D eigenvalue weighted by Crippen LogP contribution is -2.39. The van der Waals surface area contributed by atoms with E-state index in [-0.39, 0.29) is 24.7 Å². The normalized spacial score (nSPS) is 24.5. The summed E-state index contributed by atoms with van der Waals surface area (Å²) in [6.45, 7) is 1.43. The largest absolute Gasteiger partial charge is 0.368 e. The van der Waals surface area contributed by atoms with Crippen LogP contribution in [0.3, 0.4) is 0 Å². The number of para-hydroxylation sites is 2. The monoisotopic (exact) mass is 312 g/mol. The summed E-state index contributed by atoms with van der Waals surface area (Å²) < 4.78 is 17.1. The van der Waals surface area contributed by atoms with E-state index in [0.29, 0.717) is 13.2 Å². The smallest absolute Gasteiger partial charge is 0.159 e. The van der Waals surface area contributed by atoms with Crippen molar-refractivity contribution in [2.45, 2.75) is 24.7 Å². The third-order valence-corrected chi connectivity index (χ3v) is 3.85. The molecule has 0 spiro atoms. The van der Waals surface area contributed by atoms with E-state index in [0.717, 1.165) is 11.4 Å². The van der Waals surface area contributed by atoms with Crippen LogP contribution in [-0.4, -0.2) is 37.9 Å². The molecule has 0 amide bonds. The predicted molar refractivity (Wildman–Crippen MR) is 88.3 cm³/mol. The maximum Gasteiger partial charge on any atom is 0.159 e. The van der Waals surface area contributed by atoms with Crippen LogP contribution in [0.2, 0.25) is 0 Å². The molecule has 0 aromatic heterocycles. The molecule has 0 bridgehead atoms. The van der Waals surface area contributed by atoms with Crippen molar-refractivity contribution in [2.24, 2.45) is 0 Å². The molecule has 23 heavy (non-hydrogen) atoms. The maximum atomic E-state index is 6.23. The van der Waals surface area contributed by atoms with Gasteiger partial charge in [0.15, 0.2) is 12.5 Å². The van der Waals surface area contributed by atoms with Crippen molar-refractivity contribution >= 4 is 11.4 Å². The van der Waals surface area contributed by atoms with E-state index < -0.39 is 0 Å². The Bertz CT molecular complexity index is 559. The molecule has 2 aromatic rings. The van der Waals surface area contributed by atoms with E-state index >= 15 is 0 Å². The second-order valence-electron chi connectivity index (χ2n) is 5.74. The summed E-state index contributed by atoms with van der Waals surface area (Å²) in [4.78, 5) is 0. The zero-order valence-corrected chi connectivity index (χ0v) is 12.7. The van der Waals surface area contributed by atoms with Crippen molar-refractivity contribution < 1.29 is 14.2 Å². The molecule has 0 aliphatic carbocycles. The first kappa shape index (κ1) is 14.5. The highest BCUT2D eigenvalue weighted by Crippen LogP contribution is 2.26. The second-order valence-corrected chi connectivity index (χ2v) is 5.74. The van der Waals surface area contributed by atoms with Crippen LogP contribution in [0.4, 0.5) is 11.4 Å². The summed E-state index contributed by atoms with van der Waals surface area (Å²) in [5.41, 5.74) is 2.03. The first-order valence-corrected chi connectivity index (χ1v) is 7.90. The Labute approximate surface area is 135 Å². The SMILES string of the molecule is c1ccc(NC(OC(Nc2ccccc2)C2CO2)C2CO2)cc1. The molecule has 2 heterocycles. The van der Waals surface area contributed by atoms with E-state index in [2.05, 4.69) is 10.6 Å². The van der Waals surface area contributed by atoms with Crippen LogP contribution in [0.15, 0.2) is 60.7 Å². The molecule has 4 rings (SSSR count). The highest BCUT2D eigenvalue weighted by atomic mass is 16.6. The molecule has 2 fully saturated rings. The van der Waals surface area contributed by atoms with Crippen molar-refractivity contribution in [3.8, 4) is 0 Å². The van der Waals surface area contributed by atoms with Crippen LogP contribution in [-0.2, 0) is 14.2 Å². The van der Waals surface area contributed by atoms with Gasteiger partial charge in [0.25, 0.3) is 0 Å². The second kappa shape index (κ2) is 6.58. The Morgan fingerprint density at radius 3 is 1.48 bits per heavy atom. The van der Waals surface area contributed by atoms with Gasteiger partial charge in [-0.25, -0.2) is 0 Å². The van der Waals surface area contributed by atoms with Gasteiger partial charge >= 0.3 is 0 Å². The van der Waals surface area contributed by atoms with Gasteiger partial charge in [0.2, 0.25) is 0 Å². The number of rotatable bonds is 8. The molecule has 120 valence electrons. The Hall–Kier alpha value is -2.08. The van der Waals surface area contributed by atoms with Gasteiger partial charge in [0.1, 0.15) is 12.2 Å². The first-order valence-electron chi connectivity index (χ1n) is 7.90. The van der Waals surface area contributed by atoms with Gasteiger partial charge in [-0.15, -0.1) is 0 Å². The Morgan fingerprint density at radius 1 is 0.739 bits per heavy atom. The summed E-state index contributed by atoms with van der Waals surface area (Å²) in [6, 6.07) is 20.1. The minimum absolute atomic E-state index is 0.0778. The average molecular weight is 312 g/mol. The van der Waals surface area contributed by atoms with Crippen LogP contribution < -0.4 is 10.6 Å². The first-order chi connectivity index (χ1) is 11.4. The molecule has 5 nitrogen and oxygen atoms in total. The summed E-state index contributed by atoms with van der Waals surface area (Å²) >= 11 is 0. The number of hydrogen-bond acceptors (Lipinski definition) is 5. The molecule has 5 heteroatoms. The van der Waals surface area contributed by atoms with Crippen LogP contribution in [0, 0.1) is 0 Å². The van der Waals surface area contributed by atoms with Gasteiger partial charge in [0.05, 0.1) is 13.2 Å². The van der Waals surface area contributed by atoms with Crippen molar-refractivity contribution in [2.75, 3.05) is 23.8 Å². The Kier molecular flexibility index (Phi) is 4.15. The fourth-order valence-electron chi connectivity index (χ4n) is 2.45. The molecule has 2 aromatic carbocycles. The number of nitrogens with one attached hydrogen (secondary N) is 2. The zero-order valence-electron chi connectivity index (χ0n) is 12.7. The molecular formula is C18H20N2O3. The van der Waals surface area contributed by atoms with Crippen LogP contribution in [0.5, 0.6) is 0 Å². The minimum atomic E-state index is -0.206. The molecule has 0 saturated carbocycles. The highest BCUT2D eigenvalue weighted by Gasteiger charge is 2.41. The lowest BCUT2D eigenvalue weighted by atomic mass is 10.3. The van der Waals surface area contributed by atoms with Gasteiger partial charge < -0.3 is 24.8 Å². The van der Waals surface area contributed by atoms with Crippen molar-refractivity contribution in [3.63, 3.8) is 0 Å². The lowest BCUT2D eigenvalue weighted by molar-refractivity contribution is -0.00893. The maximum absolute atomic E-state index is 6.23. The van der Waals surface area contributed by atoms with Crippen LogP contribution in [0.25, 0.3) is 0 Å². The molecule has 0 radical (unpaired) electrons. The Balaban J connectivity index is 1.43. The van der Waals surface area contributed by atoms with Crippen molar-refractivity contribution in [1.82, 2.24) is 0 Å². The molecule has 2 N–H and O–H groups in total. The number of anilines is 2. The molecular weight excluding hydrogens is 292 g/mol. The Morgan fingerprint density at radius 2 is 1.13 bits per heavy atom. The molecule has 2 saturated heterocycles. The molecule has 2 aliphatic heterocycles. The third kappa shape index (κ3) is 4.01. The van der Waals surface area contributed by atoms with Crippen LogP contribution >= 0.6 is 0 Å². The quantitative estimate of drug-likeness (QED) is 0.580. The minimum Gasteiger partial charge on any atom is -0.368 e. The highest BCUT2D eigenvalue weighted by molar-refractivity contribution is 5.44. The topological polar surface area (TPSA) is 58.4 Å². The standard InChI is InChI=1S/C18H20N2O3/c1-3-7-13(8-4-1)19-17(15-11-21-15)23-18(16-12-22-16)20-14-9-5-2-6-10-14/h1-10,15-20H,11-12H2. The fourth-order valence-corrected chi connectivity index (χ4v) is 2.45. The molecule has 2 aliphatic rings. The van der Waals surface area contributed by atoms with Gasteiger partial charge in [-0.3, -0.25) is 0 Å². The van der Waals surface area contributed by atoms with Gasteiger partial charge in [0, 0.05) is 11.4 Å². The number of epoxide rings is 2. The summed E-state index contributed by atoms with van der Waals surface area (Å²) in [6.07, 6.45) is -0.256. The van der Waals surface area contributed by atoms with E-state index in [1.54, 1.807) is 0 Å². The van der Waals surface area contributed by atoms with E-state index in [1.807, 2.05) is 60.7 Å². The number of ether oxygens (including phenoxy) is 3. The number of benzene rings is 2. The molecule has 4 unspecified atom stereocenters. The van der Waals surface area contributed by atoms with Crippen molar-refractivity contribution in [3.05, 3.63) is 60.7 Å². The molecule has 4 atom stereocenters. The number of hydrogen-bond donors (Lipinski definition) is 2. The third-order valence-electron chi connectivity index (χ3n) is 3.85. The van der Waals surface area contributed by atoms with E-state index in [1.165, 1.54) is 0 Å². The summed E-state index contributed by atoms with van der Waals surface area (Å²) in [5, 5.41) is 6.79. The van der Waals surface area contributed by atoms with E-state index in [9.17, 15) is 0 Å². The lowest BCUT2D eigenvalue weighted by Gasteiger charge is -2.25. The summed E-state index contributed by atoms with van der Waals surface area (Å²) in [5.74, 6) is 0. The van der Waals surface area contributed by atoms with Gasteiger partial charge in [-0.1, -0.05) is 36.4 Å². The van der Waals surface area contributed by atoms with Crippen LogP contribution in [0.1, 0.15) is 0 Å². The van der Waals surface area contributed by atoms with Crippen molar-refractivity contribution in [1.29, 1.82) is 0 Å².